The lowest BCUT2D eigenvalue weighted by Gasteiger charge is -2.18. The number of aryl methyl sites for hydroxylation is 2. The van der Waals surface area contributed by atoms with Crippen molar-refractivity contribution in [3.8, 4) is 0 Å². The number of carbonyl (C=O) groups is 2. The number of methoxy groups -OCH3 is 2. The van der Waals surface area contributed by atoms with E-state index in [0.717, 1.165) is 89.5 Å². The summed E-state index contributed by atoms with van der Waals surface area (Å²) in [5.41, 5.74) is 15.3. The van der Waals surface area contributed by atoms with Crippen molar-refractivity contribution in [2.24, 2.45) is 0 Å². The van der Waals surface area contributed by atoms with Crippen molar-refractivity contribution in [1.29, 1.82) is 0 Å². The molecule has 0 unspecified atom stereocenters. The molecular formula is C37H43N5O4. The zero-order chi connectivity index (χ0) is 33.3. The Morgan fingerprint density at radius 3 is 1.83 bits per heavy atom. The molecule has 0 fully saturated rings. The number of esters is 2. The average Bonchev–Trinajstić information content (AvgIpc) is 3.73. The number of ether oxygens (including phenoxy) is 2. The third kappa shape index (κ3) is 6.27. The van der Waals surface area contributed by atoms with Crippen molar-refractivity contribution in [3.63, 3.8) is 0 Å². The van der Waals surface area contributed by atoms with Gasteiger partial charge < -0.3 is 24.3 Å². The molecule has 2 aliphatic heterocycles. The average molecular weight is 622 g/mol. The van der Waals surface area contributed by atoms with Crippen molar-refractivity contribution in [2.75, 3.05) is 28.3 Å². The summed E-state index contributed by atoms with van der Waals surface area (Å²) >= 11 is 0. The predicted octanol–water partition coefficient (Wildman–Crippen LogP) is 7.62. The van der Waals surface area contributed by atoms with Crippen LogP contribution in [0.1, 0.15) is 85.9 Å². The van der Waals surface area contributed by atoms with Gasteiger partial charge in [-0.05, 0) is 111 Å². The Kier molecular flexibility index (Phi) is 9.32. The normalized spacial score (nSPS) is 13.4. The summed E-state index contributed by atoms with van der Waals surface area (Å²) in [5.74, 6) is -0.551. The van der Waals surface area contributed by atoms with Crippen LogP contribution in [0, 0.1) is 13.8 Å². The standard InChI is InChI=1S/C37H43N5O4/c1-10-33(42(6)7)36-32-16-20(2)27(39-32)18-29-23(5)26(12-14-35(44)46-9)31(41-29)19-30-25(11-13-34(43)45-8)22(4)28(40-30)17-24-15-21(3)37(36)38-24/h10,15-19,38-39H,11-14H2,1-9H3. The Morgan fingerprint density at radius 2 is 1.30 bits per heavy atom. The SMILES string of the molecule is CC=C(c1c2cc(C)c(cc3nc(cc4nc(cc5cc(C)c1[nH]5)C(C)=C4CCC(=O)OC)C(CCC(=O)OC)=C3C)[nH]2)N(C)C. The second kappa shape index (κ2) is 13.2. The monoisotopic (exact) mass is 621 g/mol. The molecule has 5 rings (SSSR count). The topological polar surface area (TPSA) is 113 Å². The highest BCUT2D eigenvalue weighted by Gasteiger charge is 2.23. The molecule has 9 heteroatoms. The predicted molar refractivity (Wildman–Crippen MR) is 185 cm³/mol. The molecule has 0 spiro atoms. The van der Waals surface area contributed by atoms with Crippen LogP contribution in [-0.4, -0.2) is 65.1 Å². The molecule has 5 heterocycles. The molecule has 240 valence electrons. The summed E-state index contributed by atoms with van der Waals surface area (Å²) in [6, 6.07) is 10.5. The molecule has 3 aromatic heterocycles. The molecular weight excluding hydrogens is 578 g/mol. The van der Waals surface area contributed by atoms with Gasteiger partial charge in [0.1, 0.15) is 0 Å². The highest BCUT2D eigenvalue weighted by atomic mass is 16.5. The molecule has 8 bridgehead atoms. The summed E-state index contributed by atoms with van der Waals surface area (Å²) in [7, 11) is 6.91. The number of hydrogen-bond donors (Lipinski definition) is 2. The van der Waals surface area contributed by atoms with E-state index in [4.69, 9.17) is 19.4 Å². The molecule has 0 radical (unpaired) electrons. The van der Waals surface area contributed by atoms with Gasteiger partial charge in [-0.2, -0.15) is 0 Å². The zero-order valence-corrected chi connectivity index (χ0v) is 28.3. The van der Waals surface area contributed by atoms with Crippen LogP contribution in [0.15, 0.2) is 36.4 Å². The summed E-state index contributed by atoms with van der Waals surface area (Å²) in [5, 5.41) is 0. The molecule has 0 aromatic carbocycles. The van der Waals surface area contributed by atoms with Crippen molar-refractivity contribution in [1.82, 2.24) is 24.8 Å². The maximum absolute atomic E-state index is 12.2. The fraction of sp³-hybridized carbons (Fsp3) is 0.351. The van der Waals surface area contributed by atoms with Crippen molar-refractivity contribution in [3.05, 3.63) is 75.9 Å². The van der Waals surface area contributed by atoms with Crippen LogP contribution in [0.4, 0.5) is 0 Å². The molecule has 2 aliphatic rings. The minimum absolute atomic E-state index is 0.236. The van der Waals surface area contributed by atoms with Crippen LogP contribution in [0.3, 0.4) is 0 Å². The van der Waals surface area contributed by atoms with Gasteiger partial charge >= 0.3 is 11.9 Å². The van der Waals surface area contributed by atoms with Gasteiger partial charge in [0.25, 0.3) is 0 Å². The van der Waals surface area contributed by atoms with Crippen molar-refractivity contribution >= 4 is 62.0 Å². The summed E-state index contributed by atoms with van der Waals surface area (Å²) < 4.78 is 9.92. The van der Waals surface area contributed by atoms with Crippen LogP contribution in [0.2, 0.25) is 0 Å². The second-order valence-corrected chi connectivity index (χ2v) is 12.1. The maximum atomic E-state index is 12.2. The maximum Gasteiger partial charge on any atom is 0.305 e. The quantitative estimate of drug-likeness (QED) is 0.249. The van der Waals surface area contributed by atoms with Gasteiger partial charge in [0.15, 0.2) is 0 Å². The molecule has 0 saturated heterocycles. The molecule has 0 atom stereocenters. The van der Waals surface area contributed by atoms with Crippen LogP contribution >= 0.6 is 0 Å². The number of nitrogens with one attached hydrogen (secondary N) is 2. The number of hydrogen-bond acceptors (Lipinski definition) is 7. The van der Waals surface area contributed by atoms with Crippen LogP contribution < -0.4 is 0 Å². The van der Waals surface area contributed by atoms with E-state index in [2.05, 4.69) is 80.1 Å². The lowest BCUT2D eigenvalue weighted by atomic mass is 9.98. The van der Waals surface area contributed by atoms with Crippen LogP contribution in [-0.2, 0) is 19.1 Å². The third-order valence-electron chi connectivity index (χ3n) is 8.86. The lowest BCUT2D eigenvalue weighted by Crippen LogP contribution is -2.10. The molecule has 2 N–H and O–H groups in total. The first-order chi connectivity index (χ1) is 21.9. The fourth-order valence-corrected chi connectivity index (χ4v) is 6.29. The fourth-order valence-electron chi connectivity index (χ4n) is 6.29. The number of nitrogens with zero attached hydrogens (tertiary/aromatic N) is 3. The van der Waals surface area contributed by atoms with Gasteiger partial charge in [0, 0.05) is 49.2 Å². The van der Waals surface area contributed by atoms with Crippen molar-refractivity contribution < 1.29 is 19.1 Å². The van der Waals surface area contributed by atoms with Gasteiger partial charge in [-0.3, -0.25) is 9.59 Å². The summed E-state index contributed by atoms with van der Waals surface area (Å²) in [6.45, 7) is 10.3. The van der Waals surface area contributed by atoms with E-state index in [-0.39, 0.29) is 24.8 Å². The first kappa shape index (κ1) is 32.5. The third-order valence-corrected chi connectivity index (χ3v) is 8.86. The molecule has 46 heavy (non-hydrogen) atoms. The van der Waals surface area contributed by atoms with Gasteiger partial charge in [-0.25, -0.2) is 9.97 Å². The number of H-pyrrole nitrogens is 2. The second-order valence-electron chi connectivity index (χ2n) is 12.1. The van der Waals surface area contributed by atoms with Crippen LogP contribution in [0.5, 0.6) is 0 Å². The van der Waals surface area contributed by atoms with Gasteiger partial charge in [-0.1, -0.05) is 6.08 Å². The van der Waals surface area contributed by atoms with Gasteiger partial charge in [-0.15, -0.1) is 0 Å². The number of aromatic amines is 2. The summed E-state index contributed by atoms with van der Waals surface area (Å²) in [4.78, 5) is 44.1. The highest BCUT2D eigenvalue weighted by molar-refractivity contribution is 5.97. The first-order valence-electron chi connectivity index (χ1n) is 15.6. The number of carbonyl (C=O) groups excluding carboxylic acids is 2. The van der Waals surface area contributed by atoms with E-state index >= 15 is 0 Å². The Hall–Kier alpha value is -4.92. The summed E-state index contributed by atoms with van der Waals surface area (Å²) in [6.07, 6.45) is 3.55. The van der Waals surface area contributed by atoms with E-state index < -0.39 is 0 Å². The number of aromatic nitrogens is 4. The Bertz CT molecular complexity index is 1990. The Balaban J connectivity index is 1.90. The smallest absolute Gasteiger partial charge is 0.305 e. The minimum atomic E-state index is -0.276. The molecule has 9 nitrogen and oxygen atoms in total. The van der Waals surface area contributed by atoms with E-state index in [0.29, 0.717) is 12.8 Å². The minimum Gasteiger partial charge on any atom is -0.469 e. The first-order valence-corrected chi connectivity index (χ1v) is 15.6. The van der Waals surface area contributed by atoms with Crippen molar-refractivity contribution in [2.45, 2.75) is 60.3 Å². The van der Waals surface area contributed by atoms with E-state index in [9.17, 15) is 9.59 Å². The number of fused-ring (bicyclic) bond motifs is 8. The van der Waals surface area contributed by atoms with E-state index in [1.807, 2.05) is 19.9 Å². The zero-order valence-electron chi connectivity index (χ0n) is 28.3. The molecule has 0 aliphatic carbocycles. The highest BCUT2D eigenvalue weighted by Crippen LogP contribution is 2.38. The van der Waals surface area contributed by atoms with E-state index in [1.54, 1.807) is 0 Å². The van der Waals surface area contributed by atoms with Crippen LogP contribution in [0.25, 0.3) is 50.1 Å². The molecule has 3 aromatic rings. The van der Waals surface area contributed by atoms with Gasteiger partial charge in [0.2, 0.25) is 0 Å². The van der Waals surface area contributed by atoms with E-state index in [1.165, 1.54) is 14.2 Å². The Labute approximate surface area is 270 Å². The Morgan fingerprint density at radius 1 is 0.739 bits per heavy atom. The number of rotatable bonds is 8. The largest absolute Gasteiger partial charge is 0.469 e. The molecule has 0 saturated carbocycles. The lowest BCUT2D eigenvalue weighted by molar-refractivity contribution is -0.141. The molecule has 0 amide bonds. The van der Waals surface area contributed by atoms with Gasteiger partial charge in [0.05, 0.1) is 48.0 Å². The number of allylic oxidation sites excluding steroid dienone is 5.